The molecule has 2 aromatic carbocycles. The van der Waals surface area contributed by atoms with Crippen LogP contribution in [0.4, 0.5) is 27.1 Å². The van der Waals surface area contributed by atoms with Gasteiger partial charge in [0.2, 0.25) is 15.9 Å². The average molecular weight is 645 g/mol. The van der Waals surface area contributed by atoms with E-state index in [2.05, 4.69) is 29.7 Å². The maximum absolute atomic E-state index is 13.6. The number of aromatic nitrogens is 3. The second-order valence-electron chi connectivity index (χ2n) is 9.04. The minimum atomic E-state index is -4.86. The van der Waals surface area contributed by atoms with Crippen molar-refractivity contribution in [2.75, 3.05) is 24.5 Å². The zero-order valence-corrected chi connectivity index (χ0v) is 23.4. The SMILES string of the molecule is O=C(NCc1ccc(OC(F)(F)F)cc1)[C@H]1CN(c2nc3ncncc3s2)CCN1S(=O)(=O)c1ccc(OC(F)F)cc1. The topological polar surface area (TPSA) is 127 Å². The largest absolute Gasteiger partial charge is 0.573 e. The van der Waals surface area contributed by atoms with Crippen molar-refractivity contribution >= 4 is 42.7 Å². The highest BCUT2D eigenvalue weighted by Crippen LogP contribution is 2.31. The summed E-state index contributed by atoms with van der Waals surface area (Å²) in [5.74, 6) is -1.35. The molecule has 0 spiro atoms. The van der Waals surface area contributed by atoms with E-state index in [9.17, 15) is 35.2 Å². The van der Waals surface area contributed by atoms with Crippen LogP contribution in [0.25, 0.3) is 10.3 Å². The number of amides is 1. The molecule has 43 heavy (non-hydrogen) atoms. The van der Waals surface area contributed by atoms with Crippen LogP contribution in [0.15, 0.2) is 66.0 Å². The van der Waals surface area contributed by atoms with Crippen molar-refractivity contribution in [1.29, 1.82) is 0 Å². The van der Waals surface area contributed by atoms with E-state index < -0.39 is 40.7 Å². The molecule has 18 heteroatoms. The fraction of sp³-hybridized carbons (Fsp3) is 0.280. The average Bonchev–Trinajstić information content (AvgIpc) is 3.40. The number of hydrogen-bond donors (Lipinski definition) is 1. The van der Waals surface area contributed by atoms with Crippen LogP contribution in [-0.2, 0) is 21.4 Å². The van der Waals surface area contributed by atoms with E-state index in [4.69, 9.17) is 0 Å². The molecule has 228 valence electrons. The van der Waals surface area contributed by atoms with Crippen LogP contribution in [0, 0.1) is 0 Å². The third kappa shape index (κ3) is 7.26. The molecule has 0 radical (unpaired) electrons. The standard InChI is InChI=1S/C25H21F5N6O5S2/c26-23(27)40-16-5-7-18(8-6-16)43(38,39)36-10-9-35(24-34-21-20(42-24)12-31-14-33-21)13-19(36)22(37)32-11-15-1-3-17(4-2-15)41-25(28,29)30/h1-8,12,14,19,23H,9-11,13H2,(H,32,37)/t19-/m1/s1. The Morgan fingerprint density at radius 2 is 1.77 bits per heavy atom. The first-order valence-electron chi connectivity index (χ1n) is 12.4. The summed E-state index contributed by atoms with van der Waals surface area (Å²) < 4.78 is 99.6. The molecule has 3 heterocycles. The van der Waals surface area contributed by atoms with Gasteiger partial charge in [0.1, 0.15) is 23.9 Å². The molecule has 1 atom stereocenters. The molecule has 1 aliphatic heterocycles. The van der Waals surface area contributed by atoms with E-state index in [1.807, 2.05) is 0 Å². The van der Waals surface area contributed by atoms with Crippen LogP contribution < -0.4 is 19.7 Å². The summed E-state index contributed by atoms with van der Waals surface area (Å²) in [6, 6.07) is 7.94. The monoisotopic (exact) mass is 644 g/mol. The van der Waals surface area contributed by atoms with Gasteiger partial charge in [-0.2, -0.15) is 18.1 Å². The lowest BCUT2D eigenvalue weighted by molar-refractivity contribution is -0.274. The fourth-order valence-electron chi connectivity index (χ4n) is 4.30. The lowest BCUT2D eigenvalue weighted by Gasteiger charge is -2.39. The molecule has 4 aromatic rings. The maximum Gasteiger partial charge on any atom is 0.573 e. The number of ether oxygens (including phenoxy) is 2. The first-order chi connectivity index (χ1) is 20.4. The number of sulfonamides is 1. The molecular weight excluding hydrogens is 623 g/mol. The number of benzene rings is 2. The molecular formula is C25H21F5N6O5S2. The number of fused-ring (bicyclic) bond motifs is 1. The van der Waals surface area contributed by atoms with E-state index >= 15 is 0 Å². The molecule has 0 aliphatic carbocycles. The molecule has 1 amide bonds. The molecule has 1 aliphatic rings. The van der Waals surface area contributed by atoms with Gasteiger partial charge in [-0.25, -0.2) is 18.4 Å². The third-order valence-electron chi connectivity index (χ3n) is 6.25. The minimum Gasteiger partial charge on any atom is -0.435 e. The van der Waals surface area contributed by atoms with Crippen molar-refractivity contribution in [1.82, 2.24) is 24.6 Å². The quantitative estimate of drug-likeness (QED) is 0.271. The van der Waals surface area contributed by atoms with E-state index in [0.29, 0.717) is 21.0 Å². The summed E-state index contributed by atoms with van der Waals surface area (Å²) in [5.41, 5.74) is 0.874. The lowest BCUT2D eigenvalue weighted by Crippen LogP contribution is -2.60. The summed E-state index contributed by atoms with van der Waals surface area (Å²) in [6.07, 6.45) is -1.93. The lowest BCUT2D eigenvalue weighted by atomic mass is 10.1. The molecule has 5 rings (SSSR count). The van der Waals surface area contributed by atoms with Gasteiger partial charge in [0.15, 0.2) is 10.8 Å². The Balaban J connectivity index is 1.37. The van der Waals surface area contributed by atoms with Crippen molar-refractivity contribution in [3.63, 3.8) is 0 Å². The summed E-state index contributed by atoms with van der Waals surface area (Å²) >= 11 is 1.27. The highest BCUT2D eigenvalue weighted by Gasteiger charge is 2.41. The second kappa shape index (κ2) is 12.2. The predicted octanol–water partition coefficient (Wildman–Crippen LogP) is 3.78. The van der Waals surface area contributed by atoms with Gasteiger partial charge < -0.3 is 19.7 Å². The Bertz CT molecular complexity index is 1650. The third-order valence-corrected chi connectivity index (χ3v) is 9.21. The van der Waals surface area contributed by atoms with Crippen LogP contribution in [0.5, 0.6) is 11.5 Å². The minimum absolute atomic E-state index is 0.0940. The van der Waals surface area contributed by atoms with Crippen LogP contribution in [-0.4, -0.2) is 72.2 Å². The Kier molecular flexibility index (Phi) is 8.61. The number of anilines is 1. The first kappa shape index (κ1) is 30.3. The summed E-state index contributed by atoms with van der Waals surface area (Å²) in [5, 5.41) is 3.14. The number of nitrogens with zero attached hydrogens (tertiary/aromatic N) is 5. The summed E-state index contributed by atoms with van der Waals surface area (Å²) in [6.45, 7) is -3.26. The molecule has 0 unspecified atom stereocenters. The van der Waals surface area contributed by atoms with Gasteiger partial charge in [0, 0.05) is 32.4 Å². The van der Waals surface area contributed by atoms with Crippen molar-refractivity contribution in [2.24, 2.45) is 0 Å². The molecule has 0 bridgehead atoms. The molecule has 1 N–H and O–H groups in total. The number of hydrogen-bond acceptors (Lipinski definition) is 10. The van der Waals surface area contributed by atoms with Gasteiger partial charge in [0.25, 0.3) is 0 Å². The molecule has 1 fully saturated rings. The Hall–Kier alpha value is -4.16. The van der Waals surface area contributed by atoms with Crippen molar-refractivity contribution < 1.29 is 44.6 Å². The smallest absolute Gasteiger partial charge is 0.435 e. The van der Waals surface area contributed by atoms with Gasteiger partial charge in [0.05, 0.1) is 9.60 Å². The zero-order valence-electron chi connectivity index (χ0n) is 21.7. The summed E-state index contributed by atoms with van der Waals surface area (Å²) in [7, 11) is -4.30. The van der Waals surface area contributed by atoms with Crippen LogP contribution in [0.3, 0.4) is 0 Å². The van der Waals surface area contributed by atoms with Crippen molar-refractivity contribution in [3.05, 3.63) is 66.6 Å². The number of piperazine rings is 1. The van der Waals surface area contributed by atoms with Gasteiger partial charge in [-0.05, 0) is 42.0 Å². The van der Waals surface area contributed by atoms with Gasteiger partial charge in [-0.3, -0.25) is 4.79 Å². The van der Waals surface area contributed by atoms with Gasteiger partial charge in [-0.15, -0.1) is 13.2 Å². The van der Waals surface area contributed by atoms with Crippen molar-refractivity contribution in [2.45, 2.75) is 30.5 Å². The molecule has 2 aromatic heterocycles. The maximum atomic E-state index is 13.6. The Morgan fingerprint density at radius 3 is 2.42 bits per heavy atom. The normalized spacial score (nSPS) is 16.4. The number of carbonyl (C=O) groups excluding carboxylic acids is 1. The van der Waals surface area contributed by atoms with E-state index in [-0.39, 0.29) is 36.8 Å². The highest BCUT2D eigenvalue weighted by molar-refractivity contribution is 7.89. The zero-order chi connectivity index (χ0) is 30.8. The van der Waals surface area contributed by atoms with Gasteiger partial charge >= 0.3 is 13.0 Å². The first-order valence-corrected chi connectivity index (χ1v) is 14.7. The van der Waals surface area contributed by atoms with E-state index in [0.717, 1.165) is 40.7 Å². The highest BCUT2D eigenvalue weighted by atomic mass is 32.2. The number of carbonyl (C=O) groups is 1. The van der Waals surface area contributed by atoms with E-state index in [1.54, 1.807) is 11.1 Å². The summed E-state index contributed by atoms with van der Waals surface area (Å²) in [4.78, 5) is 27.5. The van der Waals surface area contributed by atoms with Crippen LogP contribution in [0.1, 0.15) is 5.56 Å². The van der Waals surface area contributed by atoms with Gasteiger partial charge in [-0.1, -0.05) is 23.5 Å². The number of alkyl halides is 5. The fourth-order valence-corrected chi connectivity index (χ4v) is 6.80. The van der Waals surface area contributed by atoms with Crippen LogP contribution in [0.2, 0.25) is 0 Å². The second-order valence-corrected chi connectivity index (χ2v) is 11.9. The van der Waals surface area contributed by atoms with Crippen molar-refractivity contribution in [3.8, 4) is 11.5 Å². The molecule has 11 nitrogen and oxygen atoms in total. The van der Waals surface area contributed by atoms with E-state index in [1.165, 1.54) is 29.8 Å². The number of halogens is 5. The number of rotatable bonds is 9. The molecule has 1 saturated heterocycles. The predicted molar refractivity (Wildman–Crippen MR) is 143 cm³/mol. The Morgan fingerprint density at radius 1 is 1.07 bits per heavy atom. The molecule has 0 saturated carbocycles. The number of nitrogens with one attached hydrogen (secondary N) is 1. The van der Waals surface area contributed by atoms with Crippen LogP contribution >= 0.6 is 11.3 Å². The Labute approximate surface area is 244 Å². The number of thiazole rings is 1.